The van der Waals surface area contributed by atoms with Crippen LogP contribution in [0.3, 0.4) is 0 Å². The van der Waals surface area contributed by atoms with E-state index in [-0.39, 0.29) is 19.1 Å². The monoisotopic (exact) mass is 873 g/mol. The number of aliphatic hydroxyl groups excluding tert-OH is 1. The fourth-order valence-corrected chi connectivity index (χ4v) is 8.88. The summed E-state index contributed by atoms with van der Waals surface area (Å²) in [6, 6.07) is -0.792. The molecule has 9 heteroatoms. The molecule has 3 atom stereocenters. The first-order valence-electron chi connectivity index (χ1n) is 26.4. The molecule has 0 saturated carbocycles. The van der Waals surface area contributed by atoms with Crippen LogP contribution in [-0.2, 0) is 18.4 Å². The highest BCUT2D eigenvalue weighted by atomic mass is 31.2. The number of nitrogens with zero attached hydrogens (tertiary/aromatic N) is 1. The van der Waals surface area contributed by atoms with E-state index in [4.69, 9.17) is 9.05 Å². The molecule has 3 unspecified atom stereocenters. The highest BCUT2D eigenvalue weighted by Gasteiger charge is 2.24. The Morgan fingerprint density at radius 3 is 1.13 bits per heavy atom. The van der Waals surface area contributed by atoms with E-state index >= 15 is 0 Å². The van der Waals surface area contributed by atoms with Gasteiger partial charge in [-0.2, -0.15) is 0 Å². The summed E-state index contributed by atoms with van der Waals surface area (Å²) in [6.45, 7) is 4.73. The minimum absolute atomic E-state index is 0.0160. The van der Waals surface area contributed by atoms with Gasteiger partial charge in [0.05, 0.1) is 39.9 Å². The summed E-state index contributed by atoms with van der Waals surface area (Å²) in [4.78, 5) is 25.3. The van der Waals surface area contributed by atoms with E-state index in [2.05, 4.69) is 19.2 Å². The Labute approximate surface area is 374 Å². The second-order valence-corrected chi connectivity index (χ2v) is 21.0. The number of phosphoric ester groups is 1. The molecule has 0 aliphatic heterocycles. The summed E-state index contributed by atoms with van der Waals surface area (Å²) in [5, 5.41) is 13.9. The van der Waals surface area contributed by atoms with Crippen LogP contribution in [-0.4, -0.2) is 68.5 Å². The zero-order chi connectivity index (χ0) is 44.3. The SMILES string of the molecule is CCCCCCCCCCCCCCCCCCCCCCCCCCCCCCCC(O)C(COP(=O)([O-])OCC[N+](C)(C)C)NC(=O)CCCCCCCCCCC. The number of hydrogen-bond donors (Lipinski definition) is 2. The molecule has 0 aromatic carbocycles. The number of phosphoric acid groups is 1. The van der Waals surface area contributed by atoms with Gasteiger partial charge in [-0.1, -0.05) is 251 Å². The number of unbranched alkanes of at least 4 members (excludes halogenated alkanes) is 36. The van der Waals surface area contributed by atoms with E-state index in [1.807, 2.05) is 21.1 Å². The lowest BCUT2D eigenvalue weighted by atomic mass is 10.0. The van der Waals surface area contributed by atoms with Gasteiger partial charge >= 0.3 is 0 Å². The summed E-state index contributed by atoms with van der Waals surface area (Å²) in [5.74, 6) is -0.164. The second-order valence-electron chi connectivity index (χ2n) is 19.6. The molecular weight excluding hydrogens is 768 g/mol. The van der Waals surface area contributed by atoms with Gasteiger partial charge < -0.3 is 28.8 Å². The van der Waals surface area contributed by atoms with Gasteiger partial charge in [-0.25, -0.2) is 0 Å². The number of amides is 1. The molecule has 0 aromatic rings. The average Bonchev–Trinajstić information content (AvgIpc) is 3.20. The van der Waals surface area contributed by atoms with Gasteiger partial charge in [0.15, 0.2) is 0 Å². The van der Waals surface area contributed by atoms with E-state index in [0.29, 0.717) is 23.9 Å². The number of quaternary nitrogens is 1. The van der Waals surface area contributed by atoms with Crippen LogP contribution < -0.4 is 10.2 Å². The molecule has 0 aliphatic carbocycles. The standard InChI is InChI=1S/C51H105N2O6P/c1-6-8-10-12-14-16-17-18-19-20-21-22-23-24-25-26-27-28-29-30-31-32-33-34-35-37-38-40-42-44-50(54)49(48-59-60(56,57)58-47-46-53(3,4)5)52-51(55)45-43-41-39-36-15-13-11-9-7-2/h49-50,54H,6-48H2,1-5H3,(H-,52,55,56,57). The van der Waals surface area contributed by atoms with Crippen molar-refractivity contribution in [3.63, 3.8) is 0 Å². The Balaban J connectivity index is 3.96. The Hall–Kier alpha value is -0.500. The van der Waals surface area contributed by atoms with Gasteiger partial charge in [-0.3, -0.25) is 9.36 Å². The van der Waals surface area contributed by atoms with Crippen molar-refractivity contribution < 1.29 is 32.9 Å². The predicted molar refractivity (Wildman–Crippen MR) is 256 cm³/mol. The molecule has 60 heavy (non-hydrogen) atoms. The number of rotatable bonds is 49. The van der Waals surface area contributed by atoms with Crippen LogP contribution in [0.1, 0.15) is 271 Å². The van der Waals surface area contributed by atoms with E-state index < -0.39 is 20.0 Å². The maximum absolute atomic E-state index is 12.8. The fourth-order valence-electron chi connectivity index (χ4n) is 8.16. The van der Waals surface area contributed by atoms with Crippen LogP contribution in [0.25, 0.3) is 0 Å². The van der Waals surface area contributed by atoms with Crippen molar-refractivity contribution >= 4 is 13.7 Å². The molecule has 0 fully saturated rings. The summed E-state index contributed by atoms with van der Waals surface area (Å²) in [6.07, 6.45) is 50.1. The van der Waals surface area contributed by atoms with Gasteiger partial charge in [0.2, 0.25) is 5.91 Å². The highest BCUT2D eigenvalue weighted by Crippen LogP contribution is 2.38. The topological polar surface area (TPSA) is 108 Å². The third-order valence-corrected chi connectivity index (χ3v) is 13.3. The van der Waals surface area contributed by atoms with E-state index in [1.165, 1.54) is 205 Å². The van der Waals surface area contributed by atoms with Gasteiger partial charge in [0.25, 0.3) is 7.82 Å². The number of aliphatic hydroxyl groups is 1. The number of carbonyl (C=O) groups is 1. The van der Waals surface area contributed by atoms with E-state index in [9.17, 15) is 19.4 Å². The van der Waals surface area contributed by atoms with Crippen LogP contribution in [0.5, 0.6) is 0 Å². The van der Waals surface area contributed by atoms with Gasteiger partial charge in [0, 0.05) is 6.42 Å². The lowest BCUT2D eigenvalue weighted by Gasteiger charge is -2.30. The molecule has 0 aromatic heterocycles. The number of hydrogen-bond acceptors (Lipinski definition) is 6. The normalized spacial score (nSPS) is 14.1. The molecule has 8 nitrogen and oxygen atoms in total. The van der Waals surface area contributed by atoms with Crippen LogP contribution in [0.4, 0.5) is 0 Å². The average molecular weight is 873 g/mol. The summed E-state index contributed by atoms with van der Waals surface area (Å²) >= 11 is 0. The van der Waals surface area contributed by atoms with Gasteiger partial charge in [-0.05, 0) is 12.8 Å². The summed E-state index contributed by atoms with van der Waals surface area (Å²) in [5.41, 5.74) is 0. The zero-order valence-corrected chi connectivity index (χ0v) is 41.8. The number of carbonyl (C=O) groups excluding carboxylic acids is 1. The Kier molecular flexibility index (Phi) is 43.4. The largest absolute Gasteiger partial charge is 0.756 e. The van der Waals surface area contributed by atoms with Crippen LogP contribution in [0.15, 0.2) is 0 Å². The first-order chi connectivity index (χ1) is 29.0. The van der Waals surface area contributed by atoms with E-state index in [0.717, 1.165) is 38.5 Å². The van der Waals surface area contributed by atoms with Crippen molar-refractivity contribution in [2.75, 3.05) is 40.9 Å². The highest BCUT2D eigenvalue weighted by molar-refractivity contribution is 7.45. The lowest BCUT2D eigenvalue weighted by Crippen LogP contribution is -2.46. The minimum Gasteiger partial charge on any atom is -0.756 e. The Morgan fingerprint density at radius 1 is 0.517 bits per heavy atom. The Morgan fingerprint density at radius 2 is 0.817 bits per heavy atom. The smallest absolute Gasteiger partial charge is 0.268 e. The van der Waals surface area contributed by atoms with Crippen molar-refractivity contribution in [3.8, 4) is 0 Å². The lowest BCUT2D eigenvalue weighted by molar-refractivity contribution is -0.870. The molecule has 0 bridgehead atoms. The number of nitrogens with one attached hydrogen (secondary N) is 1. The van der Waals surface area contributed by atoms with Crippen molar-refractivity contribution in [3.05, 3.63) is 0 Å². The molecular formula is C51H105N2O6P. The third kappa shape index (κ3) is 45.5. The molecule has 0 spiro atoms. The fraction of sp³-hybridized carbons (Fsp3) is 0.980. The quantitative estimate of drug-likeness (QED) is 0.0358. The van der Waals surface area contributed by atoms with Crippen molar-refractivity contribution in [2.24, 2.45) is 0 Å². The maximum Gasteiger partial charge on any atom is 0.268 e. The molecule has 0 radical (unpaired) electrons. The molecule has 2 N–H and O–H groups in total. The van der Waals surface area contributed by atoms with Crippen LogP contribution in [0, 0.1) is 0 Å². The van der Waals surface area contributed by atoms with Gasteiger partial charge in [0.1, 0.15) is 13.2 Å². The first-order valence-corrected chi connectivity index (χ1v) is 27.8. The molecule has 0 saturated heterocycles. The minimum atomic E-state index is -4.56. The summed E-state index contributed by atoms with van der Waals surface area (Å²) in [7, 11) is 1.32. The predicted octanol–water partition coefficient (Wildman–Crippen LogP) is 14.7. The zero-order valence-electron chi connectivity index (χ0n) is 40.9. The van der Waals surface area contributed by atoms with Crippen LogP contribution >= 0.6 is 7.82 Å². The molecule has 0 heterocycles. The van der Waals surface area contributed by atoms with Crippen LogP contribution in [0.2, 0.25) is 0 Å². The number of likely N-dealkylation sites (N-methyl/N-ethyl adjacent to an activating group) is 1. The second kappa shape index (κ2) is 43.7. The van der Waals surface area contributed by atoms with Crippen molar-refractivity contribution in [1.29, 1.82) is 0 Å². The van der Waals surface area contributed by atoms with Crippen molar-refractivity contribution in [1.82, 2.24) is 5.32 Å². The summed E-state index contributed by atoms with van der Waals surface area (Å²) < 4.78 is 23.3. The maximum atomic E-state index is 12.8. The first kappa shape index (κ1) is 59.5. The Bertz CT molecular complexity index is 947. The van der Waals surface area contributed by atoms with Gasteiger partial charge in [-0.15, -0.1) is 0 Å². The molecule has 1 amide bonds. The van der Waals surface area contributed by atoms with E-state index in [1.54, 1.807) is 0 Å². The van der Waals surface area contributed by atoms with Crippen molar-refractivity contribution in [2.45, 2.75) is 283 Å². The third-order valence-electron chi connectivity index (χ3n) is 12.3. The molecule has 0 aliphatic rings. The molecule has 0 rings (SSSR count). The molecule has 360 valence electrons.